The maximum absolute atomic E-state index is 12.2. The summed E-state index contributed by atoms with van der Waals surface area (Å²) in [6, 6.07) is 6.11. The maximum atomic E-state index is 12.2. The van der Waals surface area contributed by atoms with Crippen LogP contribution in [-0.2, 0) is 28.6 Å². The zero-order valence-electron chi connectivity index (χ0n) is 13.4. The highest BCUT2D eigenvalue weighted by Crippen LogP contribution is 2.23. The van der Waals surface area contributed by atoms with Gasteiger partial charge in [-0.15, -0.1) is 0 Å². The molecule has 6 nitrogen and oxygen atoms in total. The van der Waals surface area contributed by atoms with E-state index in [-0.39, 0.29) is 4.90 Å². The molecule has 0 bridgehead atoms. The van der Waals surface area contributed by atoms with Gasteiger partial charge in [0.15, 0.2) is 0 Å². The number of benzene rings is 1. The summed E-state index contributed by atoms with van der Waals surface area (Å²) in [6.07, 6.45) is -0.519. The Morgan fingerprint density at radius 2 is 1.55 bits per heavy atom. The van der Waals surface area contributed by atoms with Crippen molar-refractivity contribution in [2.75, 3.05) is 5.75 Å². The van der Waals surface area contributed by atoms with E-state index in [1.165, 1.54) is 26.0 Å². The van der Waals surface area contributed by atoms with Crippen molar-refractivity contribution in [3.8, 4) is 0 Å². The molecule has 0 aliphatic heterocycles. The molecule has 0 radical (unpaired) electrons. The van der Waals surface area contributed by atoms with Crippen molar-refractivity contribution in [2.45, 2.75) is 51.2 Å². The fraction of sp³-hybridized carbons (Fsp3) is 0.571. The van der Waals surface area contributed by atoms with Gasteiger partial charge in [-0.05, 0) is 46.8 Å². The largest absolute Gasteiger partial charge is 0.297 e. The van der Waals surface area contributed by atoms with Crippen LogP contribution < -0.4 is 0 Å². The van der Waals surface area contributed by atoms with Gasteiger partial charge in [-0.1, -0.05) is 17.7 Å². The minimum atomic E-state index is -4.06. The second-order valence-electron chi connectivity index (χ2n) is 5.96. The predicted molar refractivity (Wildman–Crippen MR) is 83.5 cm³/mol. The molecule has 0 aliphatic rings. The summed E-state index contributed by atoms with van der Waals surface area (Å²) in [4.78, 5) is -0.0200. The minimum absolute atomic E-state index is 0.0200. The smallest absolute Gasteiger partial charge is 0.267 e. The van der Waals surface area contributed by atoms with Crippen molar-refractivity contribution in [2.24, 2.45) is 0 Å². The molecule has 1 rings (SSSR count). The predicted octanol–water partition coefficient (Wildman–Crippen LogP) is 2.23. The number of hydrogen-bond donors (Lipinski definition) is 0. The van der Waals surface area contributed by atoms with Crippen molar-refractivity contribution in [1.29, 1.82) is 0 Å². The van der Waals surface area contributed by atoms with E-state index in [1.807, 2.05) is 6.92 Å². The lowest BCUT2D eigenvalue weighted by Crippen LogP contribution is -2.37. The first kappa shape index (κ1) is 19.1. The maximum Gasteiger partial charge on any atom is 0.297 e. The molecule has 0 unspecified atom stereocenters. The molecular formula is C14H22O6S2. The molecule has 0 amide bonds. The fourth-order valence-electron chi connectivity index (χ4n) is 1.83. The monoisotopic (exact) mass is 350 g/mol. The topological polar surface area (TPSA) is 86.7 Å². The molecule has 1 aromatic rings. The molecule has 0 aromatic heterocycles. The van der Waals surface area contributed by atoms with Crippen molar-refractivity contribution in [3.63, 3.8) is 0 Å². The summed E-state index contributed by atoms with van der Waals surface area (Å²) in [5, 5.41) is 0. The first-order chi connectivity index (χ1) is 9.83. The molecule has 0 atom stereocenters. The Morgan fingerprint density at radius 3 is 2.00 bits per heavy atom. The highest BCUT2D eigenvalue weighted by molar-refractivity contribution is 7.87. The van der Waals surface area contributed by atoms with E-state index in [4.69, 9.17) is 8.37 Å². The van der Waals surface area contributed by atoms with E-state index in [0.717, 1.165) is 5.56 Å². The van der Waals surface area contributed by atoms with Gasteiger partial charge >= 0.3 is 0 Å². The molecule has 1 aromatic carbocycles. The second-order valence-corrected chi connectivity index (χ2v) is 9.10. The Bertz CT molecular complexity index is 700. The van der Waals surface area contributed by atoms with Crippen LogP contribution in [0.4, 0.5) is 0 Å². The van der Waals surface area contributed by atoms with Crippen LogP contribution in [0.5, 0.6) is 0 Å². The summed E-state index contributed by atoms with van der Waals surface area (Å²) in [7, 11) is -7.94. The first-order valence-corrected chi connectivity index (χ1v) is 9.75. The molecule has 0 fully saturated rings. The summed E-state index contributed by atoms with van der Waals surface area (Å²) in [5.74, 6) is -0.566. The van der Waals surface area contributed by atoms with Gasteiger partial charge in [-0.2, -0.15) is 16.8 Å². The van der Waals surface area contributed by atoms with Crippen molar-refractivity contribution >= 4 is 20.2 Å². The van der Waals surface area contributed by atoms with E-state index < -0.39 is 37.7 Å². The van der Waals surface area contributed by atoms with Crippen molar-refractivity contribution < 1.29 is 25.2 Å². The Morgan fingerprint density at radius 1 is 1.05 bits per heavy atom. The van der Waals surface area contributed by atoms with Gasteiger partial charge in [-0.3, -0.25) is 8.37 Å². The standard InChI is InChI=1S/C14H22O6S2/c1-11(2)19-21(15,16)10-14(4,5)20-22(17,18)13-8-6-12(3)7-9-13/h6-9,11H,10H2,1-5H3. The van der Waals surface area contributed by atoms with Crippen LogP contribution in [0.3, 0.4) is 0 Å². The van der Waals surface area contributed by atoms with Crippen LogP contribution in [0.1, 0.15) is 33.3 Å². The lowest BCUT2D eigenvalue weighted by atomic mass is 10.2. The van der Waals surface area contributed by atoms with Gasteiger partial charge in [0.2, 0.25) is 0 Å². The normalized spacial score (nSPS) is 13.5. The molecule has 0 saturated carbocycles. The third-order valence-electron chi connectivity index (χ3n) is 2.51. The van der Waals surface area contributed by atoms with Crippen LogP contribution >= 0.6 is 0 Å². The molecule has 0 saturated heterocycles. The Kier molecular flexibility index (Phi) is 5.77. The minimum Gasteiger partial charge on any atom is -0.267 e. The molecule has 0 heterocycles. The molecule has 22 heavy (non-hydrogen) atoms. The number of aryl methyl sites for hydroxylation is 1. The molecule has 8 heteroatoms. The highest BCUT2D eigenvalue weighted by Gasteiger charge is 2.34. The van der Waals surface area contributed by atoms with E-state index in [9.17, 15) is 16.8 Å². The Labute approximate surface area is 132 Å². The summed E-state index contributed by atoms with van der Waals surface area (Å²) >= 11 is 0. The van der Waals surface area contributed by atoms with E-state index >= 15 is 0 Å². The van der Waals surface area contributed by atoms with Gasteiger partial charge < -0.3 is 0 Å². The summed E-state index contributed by atoms with van der Waals surface area (Å²) in [6.45, 7) is 7.76. The van der Waals surface area contributed by atoms with Gasteiger partial charge in [0, 0.05) is 0 Å². The fourth-order valence-corrected chi connectivity index (χ4v) is 4.69. The van der Waals surface area contributed by atoms with Crippen LogP contribution in [0.2, 0.25) is 0 Å². The lowest BCUT2D eigenvalue weighted by Gasteiger charge is -2.24. The Hall–Kier alpha value is -0.960. The third-order valence-corrected chi connectivity index (χ3v) is 5.76. The van der Waals surface area contributed by atoms with Crippen LogP contribution in [0, 0.1) is 6.92 Å². The Balaban J connectivity index is 2.93. The van der Waals surface area contributed by atoms with E-state index in [0.29, 0.717) is 0 Å². The molecule has 0 spiro atoms. The zero-order valence-corrected chi connectivity index (χ0v) is 15.0. The summed E-state index contributed by atoms with van der Waals surface area (Å²) < 4.78 is 58.0. The average molecular weight is 350 g/mol. The quantitative estimate of drug-likeness (QED) is 0.701. The average Bonchev–Trinajstić information content (AvgIpc) is 2.23. The highest BCUT2D eigenvalue weighted by atomic mass is 32.2. The van der Waals surface area contributed by atoms with E-state index in [2.05, 4.69) is 0 Å². The van der Waals surface area contributed by atoms with Crippen LogP contribution in [-0.4, -0.2) is 34.3 Å². The second kappa shape index (κ2) is 6.66. The van der Waals surface area contributed by atoms with Gasteiger partial charge in [0.1, 0.15) is 5.75 Å². The van der Waals surface area contributed by atoms with Gasteiger partial charge in [0.25, 0.3) is 20.2 Å². The molecule has 0 N–H and O–H groups in total. The lowest BCUT2D eigenvalue weighted by molar-refractivity contribution is 0.136. The first-order valence-electron chi connectivity index (χ1n) is 6.76. The third kappa shape index (κ3) is 6.04. The molecule has 0 aliphatic carbocycles. The number of hydrogen-bond acceptors (Lipinski definition) is 6. The van der Waals surface area contributed by atoms with Crippen LogP contribution in [0.25, 0.3) is 0 Å². The number of rotatable bonds is 7. The molecular weight excluding hydrogens is 328 g/mol. The zero-order chi connectivity index (χ0) is 17.2. The molecule has 126 valence electrons. The SMILES string of the molecule is Cc1ccc(S(=O)(=O)OC(C)(C)CS(=O)(=O)OC(C)C)cc1. The van der Waals surface area contributed by atoms with Crippen molar-refractivity contribution in [3.05, 3.63) is 29.8 Å². The summed E-state index contributed by atoms with van der Waals surface area (Å²) in [5.41, 5.74) is -0.539. The van der Waals surface area contributed by atoms with Gasteiger partial charge in [0.05, 0.1) is 16.6 Å². The van der Waals surface area contributed by atoms with Crippen molar-refractivity contribution in [1.82, 2.24) is 0 Å². The van der Waals surface area contributed by atoms with Crippen LogP contribution in [0.15, 0.2) is 29.2 Å². The van der Waals surface area contributed by atoms with E-state index in [1.54, 1.807) is 26.0 Å². The van der Waals surface area contributed by atoms with Gasteiger partial charge in [-0.25, -0.2) is 0 Å².